The van der Waals surface area contributed by atoms with Crippen LogP contribution in [0.15, 0.2) is 68.5 Å². The first-order chi connectivity index (χ1) is 14.6. The van der Waals surface area contributed by atoms with Crippen molar-refractivity contribution in [1.29, 1.82) is 0 Å². The first kappa shape index (κ1) is 18.2. The van der Waals surface area contributed by atoms with Crippen molar-refractivity contribution in [3.05, 3.63) is 76.7 Å². The summed E-state index contributed by atoms with van der Waals surface area (Å²) in [4.78, 5) is 22.0. The minimum absolute atomic E-state index is 0.241. The molecule has 0 N–H and O–H groups in total. The molecule has 5 aromatic rings. The summed E-state index contributed by atoms with van der Waals surface area (Å²) in [7, 11) is 0. The number of nitrogens with zero attached hydrogens (tertiary/aromatic N) is 3. The number of para-hydroxylation sites is 1. The first-order valence-electron chi connectivity index (χ1n) is 9.70. The third-order valence-electron chi connectivity index (χ3n) is 4.98. The molecule has 7 heteroatoms. The fraction of sp³-hybridized carbons (Fsp3) is 0.174. The highest BCUT2D eigenvalue weighted by molar-refractivity contribution is 6.01. The van der Waals surface area contributed by atoms with Crippen molar-refractivity contribution in [2.75, 3.05) is 6.61 Å². The van der Waals surface area contributed by atoms with Gasteiger partial charge in [-0.1, -0.05) is 12.1 Å². The molecule has 2 aromatic carbocycles. The summed E-state index contributed by atoms with van der Waals surface area (Å²) < 4.78 is 18.5. The predicted molar refractivity (Wildman–Crippen MR) is 113 cm³/mol. The monoisotopic (exact) mass is 401 g/mol. The van der Waals surface area contributed by atoms with Gasteiger partial charge in [0.25, 0.3) is 5.56 Å². The highest BCUT2D eigenvalue weighted by Crippen LogP contribution is 2.26. The van der Waals surface area contributed by atoms with E-state index in [2.05, 4.69) is 9.97 Å². The molecular formula is C23H19N3O4. The third-order valence-corrected chi connectivity index (χ3v) is 4.98. The second-order valence-corrected chi connectivity index (χ2v) is 6.93. The molecule has 0 unspecified atom stereocenters. The zero-order valence-corrected chi connectivity index (χ0v) is 16.6. The molecule has 7 nitrogen and oxygen atoms in total. The van der Waals surface area contributed by atoms with Gasteiger partial charge in [-0.2, -0.15) is 0 Å². The Morgan fingerprint density at radius 2 is 1.87 bits per heavy atom. The number of benzene rings is 2. The Labute approximate surface area is 171 Å². The molecule has 0 amide bonds. The number of rotatable bonds is 5. The molecule has 0 bridgehead atoms. The van der Waals surface area contributed by atoms with Gasteiger partial charge in [0.2, 0.25) is 11.5 Å². The minimum Gasteiger partial charge on any atom is -0.494 e. The van der Waals surface area contributed by atoms with E-state index in [1.165, 1.54) is 10.9 Å². The second-order valence-electron chi connectivity index (χ2n) is 6.93. The van der Waals surface area contributed by atoms with Crippen LogP contribution in [0, 0.1) is 6.92 Å². The molecule has 30 heavy (non-hydrogen) atoms. The maximum atomic E-state index is 12.9. The molecule has 5 rings (SSSR count). The van der Waals surface area contributed by atoms with Crippen molar-refractivity contribution in [3.8, 4) is 17.2 Å². The lowest BCUT2D eigenvalue weighted by atomic mass is 10.2. The lowest BCUT2D eigenvalue weighted by Crippen LogP contribution is -2.21. The summed E-state index contributed by atoms with van der Waals surface area (Å²) in [5, 5.41) is 0.826. The molecular weight excluding hydrogens is 382 g/mol. The van der Waals surface area contributed by atoms with Crippen LogP contribution in [0.3, 0.4) is 0 Å². The quantitative estimate of drug-likeness (QED) is 0.430. The Hall–Kier alpha value is -3.87. The number of hydrogen-bond acceptors (Lipinski definition) is 6. The fourth-order valence-corrected chi connectivity index (χ4v) is 3.45. The smallest absolute Gasteiger partial charge is 0.297 e. The maximum absolute atomic E-state index is 12.9. The van der Waals surface area contributed by atoms with Crippen LogP contribution in [0.2, 0.25) is 0 Å². The summed E-state index contributed by atoms with van der Waals surface area (Å²) in [5.74, 6) is 1.94. The van der Waals surface area contributed by atoms with Crippen molar-refractivity contribution in [2.24, 2.45) is 0 Å². The van der Waals surface area contributed by atoms with Crippen LogP contribution in [0.5, 0.6) is 5.75 Å². The van der Waals surface area contributed by atoms with E-state index in [0.717, 1.165) is 16.7 Å². The summed E-state index contributed by atoms with van der Waals surface area (Å²) in [6, 6.07) is 15.0. The van der Waals surface area contributed by atoms with Crippen LogP contribution in [0.1, 0.15) is 18.4 Å². The average Bonchev–Trinajstić information content (AvgIpc) is 3.32. The van der Waals surface area contributed by atoms with Gasteiger partial charge in [0.15, 0.2) is 0 Å². The molecule has 0 saturated heterocycles. The lowest BCUT2D eigenvalue weighted by Gasteiger charge is -2.03. The van der Waals surface area contributed by atoms with Crippen LogP contribution < -0.4 is 10.3 Å². The molecule has 0 aliphatic carbocycles. The van der Waals surface area contributed by atoms with Crippen LogP contribution >= 0.6 is 0 Å². The maximum Gasteiger partial charge on any atom is 0.297 e. The van der Waals surface area contributed by atoms with Gasteiger partial charge in [-0.3, -0.25) is 9.36 Å². The fourth-order valence-electron chi connectivity index (χ4n) is 3.45. The standard InChI is InChI=1S/C23H19N3O4/c1-3-28-16-10-8-15(9-11-16)22-25-18(14(2)29-22)12-26-13-24-20-17-6-4-5-7-19(17)30-21(20)23(26)27/h4-11,13H,3,12H2,1-2H3. The average molecular weight is 401 g/mol. The molecule has 0 spiro atoms. The van der Waals surface area contributed by atoms with Crippen molar-refractivity contribution < 1.29 is 13.6 Å². The highest BCUT2D eigenvalue weighted by atomic mass is 16.5. The Kier molecular flexibility index (Phi) is 4.35. The molecule has 0 aliphatic rings. The van der Waals surface area contributed by atoms with Gasteiger partial charge in [0.1, 0.15) is 28.3 Å². The second kappa shape index (κ2) is 7.18. The number of aromatic nitrogens is 3. The van der Waals surface area contributed by atoms with Gasteiger partial charge in [0, 0.05) is 10.9 Å². The number of ether oxygens (including phenoxy) is 1. The molecule has 3 aromatic heterocycles. The van der Waals surface area contributed by atoms with E-state index >= 15 is 0 Å². The van der Waals surface area contributed by atoms with E-state index in [1.54, 1.807) is 0 Å². The van der Waals surface area contributed by atoms with Crippen LogP contribution in [-0.4, -0.2) is 21.1 Å². The van der Waals surface area contributed by atoms with Gasteiger partial charge in [0.05, 0.1) is 19.5 Å². The normalized spacial score (nSPS) is 11.4. The van der Waals surface area contributed by atoms with Gasteiger partial charge in [-0.25, -0.2) is 9.97 Å². The zero-order valence-electron chi connectivity index (χ0n) is 16.6. The molecule has 0 radical (unpaired) electrons. The molecule has 150 valence electrons. The Morgan fingerprint density at radius 1 is 1.07 bits per heavy atom. The van der Waals surface area contributed by atoms with Crippen LogP contribution in [-0.2, 0) is 6.54 Å². The molecule has 0 aliphatic heterocycles. The van der Waals surface area contributed by atoms with Gasteiger partial charge in [-0.15, -0.1) is 0 Å². The van der Waals surface area contributed by atoms with E-state index in [-0.39, 0.29) is 17.7 Å². The van der Waals surface area contributed by atoms with E-state index in [4.69, 9.17) is 13.6 Å². The summed E-state index contributed by atoms with van der Waals surface area (Å²) in [5.41, 5.74) is 2.71. The Balaban J connectivity index is 1.48. The van der Waals surface area contributed by atoms with E-state index in [9.17, 15) is 4.79 Å². The number of oxazole rings is 1. The third kappa shape index (κ3) is 3.04. The van der Waals surface area contributed by atoms with E-state index in [1.807, 2.05) is 62.4 Å². The lowest BCUT2D eigenvalue weighted by molar-refractivity contribution is 0.340. The largest absolute Gasteiger partial charge is 0.494 e. The SMILES string of the molecule is CCOc1ccc(-c2nc(Cn3cnc4c(oc5ccccc54)c3=O)c(C)o2)cc1. The van der Waals surface area contributed by atoms with Crippen molar-refractivity contribution in [2.45, 2.75) is 20.4 Å². The predicted octanol–water partition coefficient (Wildman–Crippen LogP) is 4.55. The number of furan rings is 1. The Morgan fingerprint density at radius 3 is 2.67 bits per heavy atom. The first-order valence-corrected chi connectivity index (χ1v) is 9.70. The van der Waals surface area contributed by atoms with Crippen molar-refractivity contribution >= 4 is 22.1 Å². The number of fused-ring (bicyclic) bond motifs is 3. The van der Waals surface area contributed by atoms with Crippen LogP contribution in [0.25, 0.3) is 33.5 Å². The van der Waals surface area contributed by atoms with Gasteiger partial charge in [-0.05, 0) is 50.2 Å². The molecule has 3 heterocycles. The minimum atomic E-state index is -0.249. The van der Waals surface area contributed by atoms with E-state index < -0.39 is 0 Å². The number of aryl methyl sites for hydroxylation is 1. The highest BCUT2D eigenvalue weighted by Gasteiger charge is 2.16. The van der Waals surface area contributed by atoms with E-state index in [0.29, 0.717) is 35.1 Å². The molecule has 0 fully saturated rings. The summed E-state index contributed by atoms with van der Waals surface area (Å²) >= 11 is 0. The van der Waals surface area contributed by atoms with Crippen molar-refractivity contribution in [3.63, 3.8) is 0 Å². The van der Waals surface area contributed by atoms with Gasteiger partial charge >= 0.3 is 0 Å². The van der Waals surface area contributed by atoms with Crippen LogP contribution in [0.4, 0.5) is 0 Å². The zero-order chi connectivity index (χ0) is 20.7. The summed E-state index contributed by atoms with van der Waals surface area (Å²) in [6.07, 6.45) is 1.53. The summed E-state index contributed by atoms with van der Waals surface area (Å²) in [6.45, 7) is 4.63. The molecule has 0 saturated carbocycles. The topological polar surface area (TPSA) is 83.3 Å². The van der Waals surface area contributed by atoms with Gasteiger partial charge < -0.3 is 13.6 Å². The molecule has 0 atom stereocenters. The Bertz CT molecular complexity index is 1410. The number of hydrogen-bond donors (Lipinski definition) is 0. The van der Waals surface area contributed by atoms with Crippen molar-refractivity contribution in [1.82, 2.24) is 14.5 Å².